The number of nitrogens with one attached hydrogen (secondary N) is 1. The van der Waals surface area contributed by atoms with Crippen LogP contribution in [0.1, 0.15) is 43.1 Å². The maximum Gasteiger partial charge on any atom is 0.339 e. The van der Waals surface area contributed by atoms with Gasteiger partial charge in [-0.05, 0) is 67.4 Å². The topological polar surface area (TPSA) is 92.8 Å². The van der Waals surface area contributed by atoms with Gasteiger partial charge in [-0.3, -0.25) is 9.59 Å². The monoisotopic (exact) mass is 498 g/mol. The second-order valence-corrected chi connectivity index (χ2v) is 9.61. The minimum absolute atomic E-state index is 0.0227. The van der Waals surface area contributed by atoms with E-state index in [2.05, 4.69) is 5.32 Å². The summed E-state index contributed by atoms with van der Waals surface area (Å²) in [6.45, 7) is 5.29. The van der Waals surface area contributed by atoms with Crippen LogP contribution >= 0.6 is 0 Å². The molecule has 1 unspecified atom stereocenters. The summed E-state index contributed by atoms with van der Waals surface area (Å²) in [4.78, 5) is 25.7. The molecule has 0 saturated carbocycles. The molecular formula is C26H27FN2O5S. The predicted octanol–water partition coefficient (Wildman–Crippen LogP) is 4.99. The molecule has 0 radical (unpaired) electrons. The van der Waals surface area contributed by atoms with Crippen LogP contribution in [-0.2, 0) is 21.5 Å². The third-order valence-corrected chi connectivity index (χ3v) is 6.67. The highest BCUT2D eigenvalue weighted by Gasteiger charge is 2.24. The average Bonchev–Trinajstić information content (AvgIpc) is 2.82. The first kappa shape index (κ1) is 25.9. The Morgan fingerprint density at radius 1 is 1.03 bits per heavy atom. The van der Waals surface area contributed by atoms with Crippen molar-refractivity contribution in [2.75, 3.05) is 5.32 Å². The standard InChI is InChI=1S/C26H27FN2O5S/c1-4-18(2)29(26(31)24-10-5-6-11-25(24)27)17-20-8-7-9-22(16-20)34-35(32,33)23-14-12-21(13-15-23)28-19(3)30/h5-16,18H,4,17H2,1-3H3,(H,28,30). The third-order valence-electron chi connectivity index (χ3n) is 5.41. The van der Waals surface area contributed by atoms with Gasteiger partial charge in [0.05, 0.1) is 5.56 Å². The van der Waals surface area contributed by atoms with Gasteiger partial charge >= 0.3 is 10.1 Å². The summed E-state index contributed by atoms with van der Waals surface area (Å²) in [5, 5.41) is 2.57. The van der Waals surface area contributed by atoms with Gasteiger partial charge in [-0.2, -0.15) is 8.42 Å². The molecule has 1 atom stereocenters. The summed E-state index contributed by atoms with van der Waals surface area (Å²) in [5.41, 5.74) is 1.07. The first-order chi connectivity index (χ1) is 16.6. The van der Waals surface area contributed by atoms with E-state index in [-0.39, 0.29) is 34.7 Å². The normalized spacial score (nSPS) is 12.0. The lowest BCUT2D eigenvalue weighted by Crippen LogP contribution is -2.38. The molecule has 0 aliphatic heterocycles. The summed E-state index contributed by atoms with van der Waals surface area (Å²) in [6, 6.07) is 17.6. The molecular weight excluding hydrogens is 471 g/mol. The number of carbonyl (C=O) groups excluding carboxylic acids is 2. The van der Waals surface area contributed by atoms with Gasteiger partial charge in [0.1, 0.15) is 16.5 Å². The molecule has 0 spiro atoms. The molecule has 0 aromatic heterocycles. The average molecular weight is 499 g/mol. The lowest BCUT2D eigenvalue weighted by molar-refractivity contribution is -0.114. The second-order valence-electron chi connectivity index (χ2n) is 8.06. The number of halogens is 1. The fourth-order valence-electron chi connectivity index (χ4n) is 3.41. The van der Waals surface area contributed by atoms with Crippen LogP contribution in [0.5, 0.6) is 5.75 Å². The number of nitrogens with zero attached hydrogens (tertiary/aromatic N) is 1. The summed E-state index contributed by atoms with van der Waals surface area (Å²) in [6.07, 6.45) is 0.652. The molecule has 0 aliphatic rings. The maximum absolute atomic E-state index is 14.2. The van der Waals surface area contributed by atoms with Crippen LogP contribution in [0.2, 0.25) is 0 Å². The highest BCUT2D eigenvalue weighted by molar-refractivity contribution is 7.87. The number of carbonyl (C=O) groups is 2. The molecule has 3 rings (SSSR count). The van der Waals surface area contributed by atoms with Gasteiger partial charge in [-0.25, -0.2) is 4.39 Å². The van der Waals surface area contributed by atoms with Crippen LogP contribution in [0.25, 0.3) is 0 Å². The minimum atomic E-state index is -4.13. The molecule has 7 nitrogen and oxygen atoms in total. The molecule has 1 N–H and O–H groups in total. The van der Waals surface area contributed by atoms with E-state index < -0.39 is 21.8 Å². The summed E-state index contributed by atoms with van der Waals surface area (Å²) in [5.74, 6) is -1.24. The van der Waals surface area contributed by atoms with Crippen molar-refractivity contribution in [3.63, 3.8) is 0 Å². The molecule has 2 amide bonds. The molecule has 0 heterocycles. The number of anilines is 1. The van der Waals surface area contributed by atoms with Gasteiger partial charge in [0.25, 0.3) is 5.91 Å². The molecule has 0 saturated heterocycles. The predicted molar refractivity (Wildman–Crippen MR) is 131 cm³/mol. The lowest BCUT2D eigenvalue weighted by atomic mass is 10.1. The van der Waals surface area contributed by atoms with E-state index in [0.717, 1.165) is 0 Å². The van der Waals surface area contributed by atoms with Crippen molar-refractivity contribution < 1.29 is 26.6 Å². The van der Waals surface area contributed by atoms with Crippen molar-refractivity contribution in [1.29, 1.82) is 0 Å². The van der Waals surface area contributed by atoms with Gasteiger partial charge in [0.15, 0.2) is 0 Å². The van der Waals surface area contributed by atoms with E-state index >= 15 is 0 Å². The van der Waals surface area contributed by atoms with Crippen LogP contribution in [0.4, 0.5) is 10.1 Å². The van der Waals surface area contributed by atoms with E-state index in [0.29, 0.717) is 17.7 Å². The second kappa shape index (κ2) is 11.1. The SMILES string of the molecule is CCC(C)N(Cc1cccc(OS(=O)(=O)c2ccc(NC(C)=O)cc2)c1)C(=O)c1ccccc1F. The number of hydrogen-bond donors (Lipinski definition) is 1. The first-order valence-corrected chi connectivity index (χ1v) is 12.5. The Morgan fingerprint density at radius 3 is 2.34 bits per heavy atom. The van der Waals surface area contributed by atoms with Gasteiger partial charge < -0.3 is 14.4 Å². The van der Waals surface area contributed by atoms with Gasteiger partial charge in [0, 0.05) is 25.2 Å². The molecule has 9 heteroatoms. The number of benzene rings is 3. The molecule has 0 fully saturated rings. The van der Waals surface area contributed by atoms with E-state index in [9.17, 15) is 22.4 Å². The Bertz CT molecular complexity index is 1310. The third kappa shape index (κ3) is 6.66. The fraction of sp³-hybridized carbons (Fsp3) is 0.231. The zero-order valence-electron chi connectivity index (χ0n) is 19.7. The fourth-order valence-corrected chi connectivity index (χ4v) is 4.34. The van der Waals surface area contributed by atoms with Gasteiger partial charge in [-0.1, -0.05) is 31.2 Å². The summed E-state index contributed by atoms with van der Waals surface area (Å²) >= 11 is 0. The minimum Gasteiger partial charge on any atom is -0.379 e. The number of rotatable bonds is 9. The van der Waals surface area contributed by atoms with Crippen molar-refractivity contribution in [3.8, 4) is 5.75 Å². The van der Waals surface area contributed by atoms with Crippen molar-refractivity contribution in [2.45, 2.75) is 44.7 Å². The van der Waals surface area contributed by atoms with Crippen molar-refractivity contribution in [1.82, 2.24) is 4.90 Å². The highest BCUT2D eigenvalue weighted by Crippen LogP contribution is 2.23. The maximum atomic E-state index is 14.2. The Labute approximate surface area is 204 Å². The largest absolute Gasteiger partial charge is 0.379 e. The Kier molecular flexibility index (Phi) is 8.24. The Hall–Kier alpha value is -3.72. The van der Waals surface area contributed by atoms with Crippen molar-refractivity contribution in [2.24, 2.45) is 0 Å². The van der Waals surface area contributed by atoms with Crippen LogP contribution in [-0.4, -0.2) is 31.2 Å². The molecule has 0 aliphatic carbocycles. The smallest absolute Gasteiger partial charge is 0.339 e. The van der Waals surface area contributed by atoms with E-state index in [1.165, 1.54) is 61.5 Å². The lowest BCUT2D eigenvalue weighted by Gasteiger charge is -2.29. The quantitative estimate of drug-likeness (QED) is 0.420. The zero-order chi connectivity index (χ0) is 25.6. The zero-order valence-corrected chi connectivity index (χ0v) is 20.5. The summed E-state index contributed by atoms with van der Waals surface area (Å²) in [7, 11) is -4.13. The molecule has 3 aromatic carbocycles. The van der Waals surface area contributed by atoms with Crippen LogP contribution in [0.3, 0.4) is 0 Å². The Morgan fingerprint density at radius 2 is 1.71 bits per heavy atom. The molecule has 35 heavy (non-hydrogen) atoms. The molecule has 3 aromatic rings. The number of amides is 2. The van der Waals surface area contributed by atoms with Gasteiger partial charge in [0.2, 0.25) is 5.91 Å². The Balaban J connectivity index is 1.81. The number of hydrogen-bond acceptors (Lipinski definition) is 5. The van der Waals surface area contributed by atoms with Crippen LogP contribution in [0.15, 0.2) is 77.7 Å². The molecule has 184 valence electrons. The van der Waals surface area contributed by atoms with E-state index in [1.54, 1.807) is 23.1 Å². The first-order valence-electron chi connectivity index (χ1n) is 11.1. The van der Waals surface area contributed by atoms with Crippen molar-refractivity contribution >= 4 is 27.6 Å². The van der Waals surface area contributed by atoms with E-state index in [1.807, 2.05) is 13.8 Å². The highest BCUT2D eigenvalue weighted by atomic mass is 32.2. The van der Waals surface area contributed by atoms with Crippen LogP contribution in [0, 0.1) is 5.82 Å². The van der Waals surface area contributed by atoms with Crippen LogP contribution < -0.4 is 9.50 Å². The van der Waals surface area contributed by atoms with E-state index in [4.69, 9.17) is 4.18 Å². The van der Waals surface area contributed by atoms with Crippen molar-refractivity contribution in [3.05, 3.63) is 89.7 Å². The summed E-state index contributed by atoms with van der Waals surface area (Å²) < 4.78 is 45.0. The van der Waals surface area contributed by atoms with Gasteiger partial charge in [-0.15, -0.1) is 0 Å². The molecule has 0 bridgehead atoms.